The van der Waals surface area contributed by atoms with Crippen LogP contribution in [0.2, 0.25) is 0 Å². The molecule has 24 heavy (non-hydrogen) atoms. The number of amides is 1. The van der Waals surface area contributed by atoms with Crippen LogP contribution in [0, 0.1) is 5.92 Å². The summed E-state index contributed by atoms with van der Waals surface area (Å²) in [5.74, 6) is -0.378. The van der Waals surface area contributed by atoms with Crippen molar-refractivity contribution in [1.29, 1.82) is 0 Å². The zero-order chi connectivity index (χ0) is 16.9. The third kappa shape index (κ3) is 5.54. The van der Waals surface area contributed by atoms with Crippen molar-refractivity contribution in [3.8, 4) is 5.75 Å². The molecule has 0 aliphatic carbocycles. The lowest BCUT2D eigenvalue weighted by Gasteiger charge is -2.16. The second kappa shape index (κ2) is 9.10. The predicted molar refractivity (Wildman–Crippen MR) is 85.7 cm³/mol. The first-order valence-electron chi connectivity index (χ1n) is 7.26. The van der Waals surface area contributed by atoms with E-state index in [9.17, 15) is 18.0 Å². The van der Waals surface area contributed by atoms with Crippen LogP contribution >= 0.6 is 12.4 Å². The molecule has 1 atom stereocenters. The number of ether oxygens (including phenoxy) is 2. The Hall–Kier alpha value is -1.51. The van der Waals surface area contributed by atoms with E-state index in [-0.39, 0.29) is 42.3 Å². The second-order valence-corrected chi connectivity index (χ2v) is 5.23. The summed E-state index contributed by atoms with van der Waals surface area (Å²) in [7, 11) is 1.49. The summed E-state index contributed by atoms with van der Waals surface area (Å²) in [6, 6.07) is 3.03. The van der Waals surface area contributed by atoms with E-state index < -0.39 is 11.7 Å². The average molecular weight is 369 g/mol. The Bertz CT molecular complexity index is 549. The molecule has 0 saturated carbocycles. The number of benzene rings is 1. The van der Waals surface area contributed by atoms with Gasteiger partial charge in [0.25, 0.3) is 0 Å². The number of alkyl halides is 3. The molecule has 5 nitrogen and oxygen atoms in total. The zero-order valence-electron chi connectivity index (χ0n) is 13.1. The first-order valence-corrected chi connectivity index (χ1v) is 7.26. The minimum atomic E-state index is -4.49. The van der Waals surface area contributed by atoms with Crippen molar-refractivity contribution >= 4 is 24.0 Å². The van der Waals surface area contributed by atoms with Crippen LogP contribution in [-0.4, -0.2) is 39.3 Å². The summed E-state index contributed by atoms with van der Waals surface area (Å²) in [6.07, 6.45) is -3.83. The van der Waals surface area contributed by atoms with E-state index in [4.69, 9.17) is 9.47 Å². The summed E-state index contributed by atoms with van der Waals surface area (Å²) in [5.41, 5.74) is -0.815. The Balaban J connectivity index is 0.00000288. The van der Waals surface area contributed by atoms with E-state index >= 15 is 0 Å². The maximum atomic E-state index is 12.9. The van der Waals surface area contributed by atoms with Crippen LogP contribution in [0.15, 0.2) is 18.2 Å². The molecule has 2 N–H and O–H groups in total. The van der Waals surface area contributed by atoms with Gasteiger partial charge in [0.15, 0.2) is 0 Å². The van der Waals surface area contributed by atoms with Crippen LogP contribution in [0.25, 0.3) is 0 Å². The van der Waals surface area contributed by atoms with Crippen LogP contribution in [-0.2, 0) is 15.7 Å². The number of methoxy groups -OCH3 is 1. The van der Waals surface area contributed by atoms with Crippen molar-refractivity contribution in [3.05, 3.63) is 23.8 Å². The van der Waals surface area contributed by atoms with Gasteiger partial charge in [0.05, 0.1) is 23.8 Å². The molecule has 1 heterocycles. The second-order valence-electron chi connectivity index (χ2n) is 5.23. The maximum absolute atomic E-state index is 12.9. The number of halogens is 4. The highest BCUT2D eigenvalue weighted by molar-refractivity contribution is 5.94. The highest BCUT2D eigenvalue weighted by Crippen LogP contribution is 2.35. The fourth-order valence-corrected chi connectivity index (χ4v) is 2.28. The fraction of sp³-hybridized carbons (Fsp3) is 0.533. The highest BCUT2D eigenvalue weighted by atomic mass is 35.5. The summed E-state index contributed by atoms with van der Waals surface area (Å²) < 4.78 is 48.8. The topological polar surface area (TPSA) is 59.6 Å². The predicted octanol–water partition coefficient (Wildman–Crippen LogP) is 2.70. The van der Waals surface area contributed by atoms with E-state index in [0.717, 1.165) is 18.7 Å². The third-order valence-electron chi connectivity index (χ3n) is 3.54. The molecule has 1 aliphatic rings. The summed E-state index contributed by atoms with van der Waals surface area (Å²) in [6.45, 7) is 1.71. The van der Waals surface area contributed by atoms with Crippen molar-refractivity contribution in [1.82, 2.24) is 5.32 Å². The Labute approximate surface area is 144 Å². The van der Waals surface area contributed by atoms with E-state index in [1.807, 2.05) is 0 Å². The molecule has 136 valence electrons. The standard InChI is InChI=1S/C15H19F3N2O3.ClH/c1-22-6-7-23-13-3-2-11(15(16,17)18)8-12(13)20-14(21)10-4-5-19-9-10;/h2-3,8,10,19H,4-7,9H2,1H3,(H,20,21);1H. The van der Waals surface area contributed by atoms with Crippen LogP contribution in [0.3, 0.4) is 0 Å². The maximum Gasteiger partial charge on any atom is 0.416 e. The SMILES string of the molecule is COCCOc1ccc(C(F)(F)F)cc1NC(=O)C1CCNC1.Cl. The summed E-state index contributed by atoms with van der Waals surface area (Å²) in [4.78, 5) is 12.1. The number of carbonyl (C=O) groups is 1. The number of anilines is 1. The van der Waals surface area contributed by atoms with Crippen LogP contribution < -0.4 is 15.4 Å². The van der Waals surface area contributed by atoms with E-state index in [2.05, 4.69) is 10.6 Å². The van der Waals surface area contributed by atoms with Crippen molar-refractivity contribution in [2.45, 2.75) is 12.6 Å². The number of hydrogen-bond acceptors (Lipinski definition) is 4. The van der Waals surface area contributed by atoms with Gasteiger partial charge in [-0.3, -0.25) is 4.79 Å². The molecule has 1 amide bonds. The van der Waals surface area contributed by atoms with Gasteiger partial charge in [-0.1, -0.05) is 0 Å². The summed E-state index contributed by atoms with van der Waals surface area (Å²) in [5, 5.41) is 5.59. The Morgan fingerprint density at radius 2 is 2.12 bits per heavy atom. The van der Waals surface area contributed by atoms with Crippen molar-refractivity contribution in [2.75, 3.05) is 38.7 Å². The minimum absolute atomic E-state index is 0. The molecule has 1 aliphatic heterocycles. The molecule has 1 aromatic rings. The molecule has 0 spiro atoms. The number of nitrogens with one attached hydrogen (secondary N) is 2. The highest BCUT2D eigenvalue weighted by Gasteiger charge is 2.32. The lowest BCUT2D eigenvalue weighted by atomic mass is 10.1. The molecular formula is C15H20ClF3N2O3. The molecular weight excluding hydrogens is 349 g/mol. The lowest BCUT2D eigenvalue weighted by molar-refractivity contribution is -0.137. The van der Waals surface area contributed by atoms with E-state index in [1.165, 1.54) is 13.2 Å². The number of hydrogen-bond donors (Lipinski definition) is 2. The quantitative estimate of drug-likeness (QED) is 0.758. The number of carbonyl (C=O) groups excluding carboxylic acids is 1. The Kier molecular flexibility index (Phi) is 7.78. The zero-order valence-corrected chi connectivity index (χ0v) is 13.9. The van der Waals surface area contributed by atoms with E-state index in [1.54, 1.807) is 0 Å². The molecule has 1 saturated heterocycles. The Morgan fingerprint density at radius 1 is 1.38 bits per heavy atom. The molecule has 1 fully saturated rings. The van der Waals surface area contributed by atoms with E-state index in [0.29, 0.717) is 19.6 Å². The first kappa shape index (κ1) is 20.5. The van der Waals surface area contributed by atoms with Crippen molar-refractivity contribution in [2.24, 2.45) is 5.92 Å². The van der Waals surface area contributed by atoms with Crippen LogP contribution in [0.1, 0.15) is 12.0 Å². The van der Waals surface area contributed by atoms with Gasteiger partial charge >= 0.3 is 6.18 Å². The normalized spacial score (nSPS) is 17.2. The Morgan fingerprint density at radius 3 is 2.71 bits per heavy atom. The van der Waals surface area contributed by atoms with Crippen molar-refractivity contribution in [3.63, 3.8) is 0 Å². The van der Waals surface area contributed by atoms with Gasteiger partial charge in [-0.15, -0.1) is 12.4 Å². The third-order valence-corrected chi connectivity index (χ3v) is 3.54. The summed E-state index contributed by atoms with van der Waals surface area (Å²) >= 11 is 0. The minimum Gasteiger partial charge on any atom is -0.489 e. The van der Waals surface area contributed by atoms with Gasteiger partial charge in [-0.05, 0) is 31.2 Å². The smallest absolute Gasteiger partial charge is 0.416 e. The monoisotopic (exact) mass is 368 g/mol. The van der Waals surface area contributed by atoms with Gasteiger partial charge < -0.3 is 20.1 Å². The molecule has 0 aromatic heterocycles. The molecule has 1 aromatic carbocycles. The largest absolute Gasteiger partial charge is 0.489 e. The van der Waals surface area contributed by atoms with Gasteiger partial charge in [0.2, 0.25) is 5.91 Å². The van der Waals surface area contributed by atoms with Crippen LogP contribution in [0.5, 0.6) is 5.75 Å². The fourth-order valence-electron chi connectivity index (χ4n) is 2.28. The number of rotatable bonds is 6. The van der Waals surface area contributed by atoms with Gasteiger partial charge in [0.1, 0.15) is 12.4 Å². The lowest BCUT2D eigenvalue weighted by Crippen LogP contribution is -2.25. The van der Waals surface area contributed by atoms with Crippen molar-refractivity contribution < 1.29 is 27.4 Å². The average Bonchev–Trinajstić information content (AvgIpc) is 3.02. The molecule has 2 rings (SSSR count). The molecule has 0 bridgehead atoms. The van der Waals surface area contributed by atoms with Crippen LogP contribution in [0.4, 0.5) is 18.9 Å². The van der Waals surface area contributed by atoms with Gasteiger partial charge in [-0.25, -0.2) is 0 Å². The first-order chi connectivity index (χ1) is 10.9. The molecule has 1 unspecified atom stereocenters. The molecule has 9 heteroatoms. The molecule has 0 radical (unpaired) electrons. The van der Waals surface area contributed by atoms with Gasteiger partial charge in [-0.2, -0.15) is 13.2 Å². The van der Waals surface area contributed by atoms with Gasteiger partial charge in [0, 0.05) is 13.7 Å².